The summed E-state index contributed by atoms with van der Waals surface area (Å²) >= 11 is 2.83. The minimum absolute atomic E-state index is 1.37. The van der Waals surface area contributed by atoms with Gasteiger partial charge in [0.05, 0.1) is 0 Å². The van der Waals surface area contributed by atoms with Crippen LogP contribution in [0.15, 0.2) is 0 Å². The summed E-state index contributed by atoms with van der Waals surface area (Å²) in [5.41, 5.74) is 0. The van der Waals surface area contributed by atoms with Gasteiger partial charge in [-0.3, -0.25) is 0 Å². The van der Waals surface area contributed by atoms with E-state index in [-0.39, 0.29) is 0 Å². The van der Waals surface area contributed by atoms with Crippen LogP contribution >= 0.6 is 0 Å². The Morgan fingerprint density at radius 1 is 0.500 bits per heavy atom. The van der Waals surface area contributed by atoms with Crippen LogP contribution in [0.1, 0.15) is 90.9 Å². The van der Waals surface area contributed by atoms with Gasteiger partial charge >= 0.3 is 0 Å². The van der Waals surface area contributed by atoms with Crippen molar-refractivity contribution in [3.8, 4) is 0 Å². The first kappa shape index (κ1) is 18.4. The van der Waals surface area contributed by atoms with Crippen molar-refractivity contribution in [2.24, 2.45) is 0 Å². The van der Waals surface area contributed by atoms with Crippen molar-refractivity contribution in [3.63, 3.8) is 0 Å². The Balaban J connectivity index is 0. The zero-order chi connectivity index (χ0) is 12.5. The van der Waals surface area contributed by atoms with Crippen LogP contribution in [0, 0.1) is 0 Å². The van der Waals surface area contributed by atoms with E-state index in [4.69, 9.17) is 4.21 Å². The lowest BCUT2D eigenvalue weighted by Crippen LogP contribution is -1.81. The molecule has 0 aromatic rings. The molecule has 98 valence electrons. The highest BCUT2D eigenvalue weighted by Gasteiger charge is 1.91. The quantitative estimate of drug-likeness (QED) is 0.456. The third kappa shape index (κ3) is 19.6. The Hall–Kier alpha value is 0.0200. The van der Waals surface area contributed by atoms with E-state index >= 15 is 0 Å². The molecule has 0 aromatic heterocycles. The molecule has 0 atom stereocenters. The van der Waals surface area contributed by atoms with E-state index in [9.17, 15) is 0 Å². The molecule has 2 heteroatoms. The molecular weight excluding hydrogens is 216 g/mol. The minimum atomic E-state index is 1.37. The maximum absolute atomic E-state index is 7.83. The van der Waals surface area contributed by atoms with Gasteiger partial charge in [-0.25, -0.2) is 0 Å². The monoisotopic (exact) mass is 246 g/mol. The molecule has 0 spiro atoms. The third-order valence-electron chi connectivity index (χ3n) is 2.96. The second kappa shape index (κ2) is 20.4. The van der Waals surface area contributed by atoms with Gasteiger partial charge in [0, 0.05) is 0 Å². The fourth-order valence-corrected chi connectivity index (χ4v) is 1.91. The molecule has 0 rings (SSSR count). The summed E-state index contributed by atoms with van der Waals surface area (Å²) in [7, 11) is 0. The fourth-order valence-electron chi connectivity index (χ4n) is 1.91. The molecule has 0 N–H and O–H groups in total. The average Bonchev–Trinajstić information content (AvgIpc) is 2.34. The van der Waals surface area contributed by atoms with Gasteiger partial charge in [0.2, 0.25) is 0 Å². The van der Waals surface area contributed by atoms with Crippen LogP contribution in [-0.4, -0.2) is 4.21 Å². The van der Waals surface area contributed by atoms with Crippen LogP contribution < -0.4 is 0 Å². The van der Waals surface area contributed by atoms with Crippen molar-refractivity contribution >= 4 is 12.5 Å². The lowest BCUT2D eigenvalue weighted by Gasteiger charge is -2.01. The van der Waals surface area contributed by atoms with E-state index < -0.39 is 0 Å². The average molecular weight is 246 g/mol. The Labute approximate surface area is 108 Å². The molecule has 1 nitrogen and oxygen atoms in total. The predicted octanol–water partition coefficient (Wildman–Crippen LogP) is 5.37. The molecule has 0 aromatic carbocycles. The van der Waals surface area contributed by atoms with Crippen molar-refractivity contribution < 1.29 is 4.21 Å². The van der Waals surface area contributed by atoms with Crippen LogP contribution in [0.3, 0.4) is 0 Å². The van der Waals surface area contributed by atoms with Gasteiger partial charge < -0.3 is 0 Å². The Bertz CT molecular complexity index is 94.9. The molecule has 0 aliphatic carbocycles. The highest BCUT2D eigenvalue weighted by atomic mass is 32.1. The molecule has 0 fully saturated rings. The fraction of sp³-hybridized carbons (Fsp3) is 1.00. The second-order valence-corrected chi connectivity index (χ2v) is 4.54. The summed E-state index contributed by atoms with van der Waals surface area (Å²) < 4.78 is 7.83. The molecule has 0 unspecified atom stereocenters. The summed E-state index contributed by atoms with van der Waals surface area (Å²) in [6.07, 6.45) is 17.4. The number of hydrogen-bond donors (Lipinski definition) is 0. The van der Waals surface area contributed by atoms with Gasteiger partial charge in [0.25, 0.3) is 0 Å². The first-order chi connectivity index (χ1) is 7.91. The smallest absolute Gasteiger partial charge is 0.197 e. The minimum Gasteiger partial charge on any atom is -0.197 e. The Morgan fingerprint density at radius 2 is 0.688 bits per heavy atom. The van der Waals surface area contributed by atoms with Crippen molar-refractivity contribution in [1.29, 1.82) is 0 Å². The largest absolute Gasteiger partial charge is 0.197 e. The van der Waals surface area contributed by atoms with E-state index in [1.807, 2.05) is 0 Å². The van der Waals surface area contributed by atoms with Crippen molar-refractivity contribution in [2.75, 3.05) is 0 Å². The molecule has 0 saturated heterocycles. The number of unbranched alkanes of at least 4 members (excludes halogenated alkanes) is 11. The zero-order valence-corrected chi connectivity index (χ0v) is 12.1. The summed E-state index contributed by atoms with van der Waals surface area (Å²) in [6, 6.07) is 0. The van der Waals surface area contributed by atoms with E-state index in [0.29, 0.717) is 0 Å². The maximum atomic E-state index is 7.83. The summed E-state index contributed by atoms with van der Waals surface area (Å²) in [6.45, 7) is 4.57. The lowest BCUT2D eigenvalue weighted by molar-refractivity contribution is 0.548. The van der Waals surface area contributed by atoms with E-state index in [0.717, 1.165) is 0 Å². The molecule has 16 heavy (non-hydrogen) atoms. The zero-order valence-electron chi connectivity index (χ0n) is 11.3. The van der Waals surface area contributed by atoms with Gasteiger partial charge in [-0.1, -0.05) is 90.9 Å². The van der Waals surface area contributed by atoms with Gasteiger partial charge in [0.15, 0.2) is 12.5 Å². The molecule has 0 bridgehead atoms. The third-order valence-corrected chi connectivity index (χ3v) is 2.96. The van der Waals surface area contributed by atoms with Gasteiger partial charge in [-0.2, -0.15) is 4.21 Å². The normalized spacial score (nSPS) is 9.62. The maximum Gasteiger partial charge on any atom is 0.197 e. The van der Waals surface area contributed by atoms with E-state index in [1.54, 1.807) is 0 Å². The van der Waals surface area contributed by atoms with Crippen LogP contribution in [0.2, 0.25) is 0 Å². The van der Waals surface area contributed by atoms with Crippen molar-refractivity contribution in [2.45, 2.75) is 90.9 Å². The molecule has 0 aliphatic heterocycles. The van der Waals surface area contributed by atoms with Crippen LogP contribution in [0.5, 0.6) is 0 Å². The SMILES string of the molecule is CCCCCCCCCCCCCC.O=S. The highest BCUT2D eigenvalue weighted by molar-refractivity contribution is 7.44. The highest BCUT2D eigenvalue weighted by Crippen LogP contribution is 2.11. The van der Waals surface area contributed by atoms with Gasteiger partial charge in [-0.05, 0) is 0 Å². The topological polar surface area (TPSA) is 17.1 Å². The summed E-state index contributed by atoms with van der Waals surface area (Å²) in [5.74, 6) is 0. The second-order valence-electron chi connectivity index (χ2n) is 4.54. The van der Waals surface area contributed by atoms with Gasteiger partial charge in [-0.15, -0.1) is 0 Å². The van der Waals surface area contributed by atoms with Gasteiger partial charge in [0.1, 0.15) is 0 Å². The Kier molecular flexibility index (Phi) is 23.5. The van der Waals surface area contributed by atoms with Crippen molar-refractivity contribution in [1.82, 2.24) is 0 Å². The summed E-state index contributed by atoms with van der Waals surface area (Å²) in [5, 5.41) is 0. The van der Waals surface area contributed by atoms with Crippen LogP contribution in [-0.2, 0) is 12.5 Å². The van der Waals surface area contributed by atoms with Crippen molar-refractivity contribution in [3.05, 3.63) is 0 Å². The first-order valence-electron chi connectivity index (χ1n) is 7.08. The van der Waals surface area contributed by atoms with Crippen LogP contribution in [0.4, 0.5) is 0 Å². The number of hydrogen-bond acceptors (Lipinski definition) is 2. The van der Waals surface area contributed by atoms with Crippen LogP contribution in [0.25, 0.3) is 0 Å². The van der Waals surface area contributed by atoms with E-state index in [2.05, 4.69) is 26.4 Å². The van der Waals surface area contributed by atoms with E-state index in [1.165, 1.54) is 77.0 Å². The molecule has 0 aliphatic rings. The molecule has 0 saturated carbocycles. The Morgan fingerprint density at radius 3 is 0.875 bits per heavy atom. The molecular formula is C14H30OS. The molecule has 0 amide bonds. The lowest BCUT2D eigenvalue weighted by atomic mass is 10.1. The predicted molar refractivity (Wildman–Crippen MR) is 74.9 cm³/mol. The molecule has 0 radical (unpaired) electrons. The summed E-state index contributed by atoms with van der Waals surface area (Å²) in [4.78, 5) is 0. The molecule has 0 heterocycles. The standard InChI is InChI=1S/C14H30.OS/c1-3-5-7-9-11-13-14-12-10-8-6-4-2;1-2/h3-14H2,1-2H3;. The first-order valence-corrected chi connectivity index (χ1v) is 7.41. The number of rotatable bonds is 11.